The molecule has 17 heavy (non-hydrogen) atoms. The van der Waals surface area contributed by atoms with Gasteiger partial charge in [0.1, 0.15) is 6.10 Å². The number of rotatable bonds is 4. The van der Waals surface area contributed by atoms with Crippen molar-refractivity contribution >= 4 is 5.91 Å². The standard InChI is InChI=1S/C13H23NO3/c1-4-16-11-8-10(13(11,2)3)14-12(15)9-6-5-7-17-9/h9-11H,4-8H2,1-3H3,(H,14,15)/t9-,10-,11-/m1/s1. The fourth-order valence-corrected chi connectivity index (χ4v) is 2.66. The highest BCUT2D eigenvalue weighted by atomic mass is 16.5. The van der Waals surface area contributed by atoms with Crippen molar-refractivity contribution in [1.29, 1.82) is 0 Å². The summed E-state index contributed by atoms with van der Waals surface area (Å²) in [5, 5.41) is 3.09. The molecule has 0 aromatic rings. The van der Waals surface area contributed by atoms with E-state index in [-0.39, 0.29) is 29.6 Å². The van der Waals surface area contributed by atoms with Crippen molar-refractivity contribution in [2.45, 2.75) is 58.3 Å². The van der Waals surface area contributed by atoms with Crippen LogP contribution in [0.1, 0.15) is 40.0 Å². The third kappa shape index (κ3) is 2.47. The SMILES string of the molecule is CCO[C@@H]1C[C@@H](NC(=O)[C@H]2CCCO2)C1(C)C. The van der Waals surface area contributed by atoms with E-state index in [0.29, 0.717) is 6.61 Å². The summed E-state index contributed by atoms with van der Waals surface area (Å²) in [7, 11) is 0. The first-order valence-corrected chi connectivity index (χ1v) is 6.59. The van der Waals surface area contributed by atoms with Crippen LogP contribution in [0.3, 0.4) is 0 Å². The average molecular weight is 241 g/mol. The second-order valence-electron chi connectivity index (χ2n) is 5.56. The molecule has 0 spiro atoms. The molecule has 1 aliphatic heterocycles. The van der Waals surface area contributed by atoms with Gasteiger partial charge in [-0.05, 0) is 26.2 Å². The van der Waals surface area contributed by atoms with Crippen molar-refractivity contribution in [1.82, 2.24) is 5.32 Å². The Bertz CT molecular complexity index is 284. The summed E-state index contributed by atoms with van der Waals surface area (Å²) in [5.41, 5.74) is 0.0320. The molecule has 2 rings (SSSR count). The number of carbonyl (C=O) groups is 1. The quantitative estimate of drug-likeness (QED) is 0.811. The third-order valence-electron chi connectivity index (χ3n) is 4.08. The van der Waals surface area contributed by atoms with Crippen LogP contribution in [0.5, 0.6) is 0 Å². The Morgan fingerprint density at radius 3 is 2.82 bits per heavy atom. The van der Waals surface area contributed by atoms with Crippen LogP contribution < -0.4 is 5.32 Å². The molecule has 0 aromatic heterocycles. The maximum Gasteiger partial charge on any atom is 0.249 e. The van der Waals surface area contributed by atoms with Gasteiger partial charge in [-0.3, -0.25) is 4.79 Å². The number of carbonyl (C=O) groups excluding carboxylic acids is 1. The molecule has 2 aliphatic rings. The molecule has 1 aliphatic carbocycles. The predicted octanol–water partition coefficient (Wildman–Crippen LogP) is 1.49. The summed E-state index contributed by atoms with van der Waals surface area (Å²) in [5.74, 6) is 0.0514. The van der Waals surface area contributed by atoms with E-state index in [1.54, 1.807) is 0 Å². The van der Waals surface area contributed by atoms with Gasteiger partial charge in [-0.2, -0.15) is 0 Å². The van der Waals surface area contributed by atoms with Crippen molar-refractivity contribution < 1.29 is 14.3 Å². The number of hydrogen-bond donors (Lipinski definition) is 1. The van der Waals surface area contributed by atoms with Crippen molar-refractivity contribution in [2.75, 3.05) is 13.2 Å². The summed E-state index contributed by atoms with van der Waals surface area (Å²) in [6, 6.07) is 0.218. The van der Waals surface area contributed by atoms with Gasteiger partial charge >= 0.3 is 0 Å². The highest BCUT2D eigenvalue weighted by Crippen LogP contribution is 2.42. The molecular formula is C13H23NO3. The van der Waals surface area contributed by atoms with Crippen LogP contribution in [0, 0.1) is 5.41 Å². The normalized spacial score (nSPS) is 35.4. The Hall–Kier alpha value is -0.610. The fourth-order valence-electron chi connectivity index (χ4n) is 2.66. The molecule has 4 heteroatoms. The Balaban J connectivity index is 1.82. The second kappa shape index (κ2) is 4.94. The van der Waals surface area contributed by atoms with E-state index >= 15 is 0 Å². The van der Waals surface area contributed by atoms with E-state index in [0.717, 1.165) is 25.9 Å². The maximum absolute atomic E-state index is 11.9. The fraction of sp³-hybridized carbons (Fsp3) is 0.923. The van der Waals surface area contributed by atoms with Crippen molar-refractivity contribution in [3.63, 3.8) is 0 Å². The molecule has 98 valence electrons. The van der Waals surface area contributed by atoms with Crippen LogP contribution in [0.25, 0.3) is 0 Å². The molecular weight excluding hydrogens is 218 g/mol. The monoisotopic (exact) mass is 241 g/mol. The molecule has 1 saturated carbocycles. The van der Waals surface area contributed by atoms with E-state index in [2.05, 4.69) is 19.2 Å². The topological polar surface area (TPSA) is 47.6 Å². The molecule has 3 atom stereocenters. The van der Waals surface area contributed by atoms with Crippen molar-refractivity contribution in [2.24, 2.45) is 5.41 Å². The Labute approximate surface area is 103 Å². The van der Waals surface area contributed by atoms with E-state index in [9.17, 15) is 4.79 Å². The predicted molar refractivity (Wildman–Crippen MR) is 64.7 cm³/mol. The van der Waals surface area contributed by atoms with Crippen molar-refractivity contribution in [3.8, 4) is 0 Å². The summed E-state index contributed by atoms with van der Waals surface area (Å²) in [4.78, 5) is 11.9. The van der Waals surface area contributed by atoms with Gasteiger partial charge in [0.25, 0.3) is 0 Å². The molecule has 0 bridgehead atoms. The molecule has 1 saturated heterocycles. The van der Waals surface area contributed by atoms with Crippen LogP contribution >= 0.6 is 0 Å². The van der Waals surface area contributed by atoms with Gasteiger partial charge in [-0.15, -0.1) is 0 Å². The minimum absolute atomic E-state index is 0.0320. The molecule has 0 aromatic carbocycles. The summed E-state index contributed by atoms with van der Waals surface area (Å²) in [6.45, 7) is 7.76. The Kier molecular flexibility index (Phi) is 3.73. The highest BCUT2D eigenvalue weighted by molar-refractivity contribution is 5.81. The van der Waals surface area contributed by atoms with Crippen LogP contribution in [0.15, 0.2) is 0 Å². The highest BCUT2D eigenvalue weighted by Gasteiger charge is 2.50. The zero-order valence-corrected chi connectivity index (χ0v) is 11.0. The lowest BCUT2D eigenvalue weighted by Crippen LogP contribution is -2.63. The zero-order valence-electron chi connectivity index (χ0n) is 11.0. The molecule has 1 N–H and O–H groups in total. The largest absolute Gasteiger partial charge is 0.378 e. The molecule has 0 unspecified atom stereocenters. The molecule has 0 radical (unpaired) electrons. The van der Waals surface area contributed by atoms with Gasteiger partial charge in [-0.1, -0.05) is 13.8 Å². The lowest BCUT2D eigenvalue weighted by molar-refractivity contribution is -0.143. The number of ether oxygens (including phenoxy) is 2. The Morgan fingerprint density at radius 2 is 2.29 bits per heavy atom. The first-order valence-electron chi connectivity index (χ1n) is 6.59. The molecule has 1 amide bonds. The molecule has 4 nitrogen and oxygen atoms in total. The van der Waals surface area contributed by atoms with Crippen LogP contribution in [0.4, 0.5) is 0 Å². The summed E-state index contributed by atoms with van der Waals surface area (Å²) in [6.07, 6.45) is 2.81. The maximum atomic E-state index is 11.9. The third-order valence-corrected chi connectivity index (χ3v) is 4.08. The average Bonchev–Trinajstić information content (AvgIpc) is 2.81. The van der Waals surface area contributed by atoms with Crippen LogP contribution in [0.2, 0.25) is 0 Å². The van der Waals surface area contributed by atoms with Gasteiger partial charge in [0.2, 0.25) is 5.91 Å². The van der Waals surface area contributed by atoms with Crippen LogP contribution in [-0.2, 0) is 14.3 Å². The van der Waals surface area contributed by atoms with Gasteiger partial charge in [0, 0.05) is 24.7 Å². The van der Waals surface area contributed by atoms with E-state index in [4.69, 9.17) is 9.47 Å². The van der Waals surface area contributed by atoms with Gasteiger partial charge < -0.3 is 14.8 Å². The van der Waals surface area contributed by atoms with Crippen LogP contribution in [-0.4, -0.2) is 37.4 Å². The minimum Gasteiger partial charge on any atom is -0.378 e. The van der Waals surface area contributed by atoms with E-state index in [1.807, 2.05) is 6.92 Å². The smallest absolute Gasteiger partial charge is 0.249 e. The lowest BCUT2D eigenvalue weighted by atomic mass is 9.64. The molecule has 1 heterocycles. The lowest BCUT2D eigenvalue weighted by Gasteiger charge is -2.51. The number of hydrogen-bond acceptors (Lipinski definition) is 3. The van der Waals surface area contributed by atoms with Gasteiger partial charge in [0.15, 0.2) is 0 Å². The first kappa shape index (κ1) is 12.8. The van der Waals surface area contributed by atoms with E-state index < -0.39 is 0 Å². The number of amides is 1. The van der Waals surface area contributed by atoms with Gasteiger partial charge in [0.05, 0.1) is 6.10 Å². The minimum atomic E-state index is -0.225. The summed E-state index contributed by atoms with van der Waals surface area (Å²) < 4.78 is 11.0. The molecule has 2 fully saturated rings. The van der Waals surface area contributed by atoms with E-state index in [1.165, 1.54) is 0 Å². The number of nitrogens with one attached hydrogen (secondary N) is 1. The second-order valence-corrected chi connectivity index (χ2v) is 5.56. The van der Waals surface area contributed by atoms with Gasteiger partial charge in [-0.25, -0.2) is 0 Å². The summed E-state index contributed by atoms with van der Waals surface area (Å²) >= 11 is 0. The zero-order chi connectivity index (χ0) is 12.5. The first-order chi connectivity index (χ1) is 8.05. The Morgan fingerprint density at radius 1 is 1.53 bits per heavy atom. The van der Waals surface area contributed by atoms with Crippen molar-refractivity contribution in [3.05, 3.63) is 0 Å².